The van der Waals surface area contributed by atoms with Crippen molar-refractivity contribution >= 4 is 12.6 Å². The van der Waals surface area contributed by atoms with E-state index in [0.29, 0.717) is 11.3 Å². The third kappa shape index (κ3) is 3.85. The molecule has 1 aliphatic heterocycles. The molecular formula is C19H21BF2O3. The average Bonchev–Trinajstić information content (AvgIpc) is 2.73. The molecule has 132 valence electrons. The van der Waals surface area contributed by atoms with Crippen molar-refractivity contribution in [3.8, 4) is 5.75 Å². The van der Waals surface area contributed by atoms with Crippen molar-refractivity contribution in [2.45, 2.75) is 45.5 Å². The number of ether oxygens (including phenoxy) is 1. The molecule has 0 radical (unpaired) electrons. The largest absolute Gasteiger partial charge is 0.494 e. The molecule has 0 bridgehead atoms. The van der Waals surface area contributed by atoms with Crippen LogP contribution < -0.4 is 10.2 Å². The minimum Gasteiger partial charge on any atom is -0.489 e. The van der Waals surface area contributed by atoms with Crippen LogP contribution in [0.2, 0.25) is 0 Å². The van der Waals surface area contributed by atoms with Crippen LogP contribution >= 0.6 is 0 Å². The lowest BCUT2D eigenvalue weighted by Crippen LogP contribution is -2.41. The second-order valence-corrected chi connectivity index (χ2v) is 7.22. The Balaban J connectivity index is 1.65. The molecule has 1 fully saturated rings. The lowest BCUT2D eigenvalue weighted by molar-refractivity contribution is 0.00578. The molecule has 0 N–H and O–H groups in total. The molecule has 1 aliphatic rings. The van der Waals surface area contributed by atoms with Crippen LogP contribution in [0.25, 0.3) is 0 Å². The van der Waals surface area contributed by atoms with Crippen LogP contribution in [-0.4, -0.2) is 18.3 Å². The number of halogens is 2. The smallest absolute Gasteiger partial charge is 0.489 e. The van der Waals surface area contributed by atoms with E-state index < -0.39 is 30.0 Å². The Bertz CT molecular complexity index is 724. The summed E-state index contributed by atoms with van der Waals surface area (Å²) in [5.41, 5.74) is 0.540. The lowest BCUT2D eigenvalue weighted by atomic mass is 9.79. The molecule has 0 spiro atoms. The monoisotopic (exact) mass is 346 g/mol. The first-order valence-corrected chi connectivity index (χ1v) is 8.20. The van der Waals surface area contributed by atoms with E-state index in [-0.39, 0.29) is 6.61 Å². The summed E-state index contributed by atoms with van der Waals surface area (Å²) in [5, 5.41) is 0. The van der Waals surface area contributed by atoms with Gasteiger partial charge in [-0.15, -0.1) is 0 Å². The van der Waals surface area contributed by atoms with Crippen molar-refractivity contribution in [2.24, 2.45) is 0 Å². The molecule has 0 saturated carbocycles. The highest BCUT2D eigenvalue weighted by Gasteiger charge is 2.51. The van der Waals surface area contributed by atoms with Gasteiger partial charge in [-0.3, -0.25) is 0 Å². The Morgan fingerprint density at radius 1 is 0.880 bits per heavy atom. The summed E-state index contributed by atoms with van der Waals surface area (Å²) in [4.78, 5) is 0. The van der Waals surface area contributed by atoms with E-state index in [1.165, 1.54) is 12.1 Å². The van der Waals surface area contributed by atoms with Gasteiger partial charge in [-0.25, -0.2) is 8.78 Å². The molecule has 3 nitrogen and oxygen atoms in total. The van der Waals surface area contributed by atoms with Crippen molar-refractivity contribution in [1.29, 1.82) is 0 Å². The van der Waals surface area contributed by atoms with Gasteiger partial charge in [0.15, 0.2) is 0 Å². The molecule has 2 aromatic rings. The molecule has 3 rings (SSSR count). The normalized spacial score (nSPS) is 18.4. The molecule has 1 saturated heterocycles. The van der Waals surface area contributed by atoms with E-state index in [1.54, 1.807) is 12.1 Å². The van der Waals surface area contributed by atoms with Crippen LogP contribution in [0, 0.1) is 11.6 Å². The molecule has 25 heavy (non-hydrogen) atoms. The fourth-order valence-electron chi connectivity index (χ4n) is 2.56. The van der Waals surface area contributed by atoms with Gasteiger partial charge in [0, 0.05) is 6.07 Å². The third-order valence-electron chi connectivity index (χ3n) is 4.73. The summed E-state index contributed by atoms with van der Waals surface area (Å²) >= 11 is 0. The van der Waals surface area contributed by atoms with Crippen LogP contribution in [0.4, 0.5) is 8.78 Å². The van der Waals surface area contributed by atoms with E-state index in [2.05, 4.69) is 0 Å². The van der Waals surface area contributed by atoms with E-state index in [1.807, 2.05) is 39.8 Å². The van der Waals surface area contributed by atoms with Gasteiger partial charge in [0.25, 0.3) is 0 Å². The molecule has 1 heterocycles. The summed E-state index contributed by atoms with van der Waals surface area (Å²) in [6.07, 6.45) is 0. The van der Waals surface area contributed by atoms with Crippen LogP contribution in [0.3, 0.4) is 0 Å². The molecule has 0 amide bonds. The maximum absolute atomic E-state index is 13.2. The summed E-state index contributed by atoms with van der Waals surface area (Å²) in [7, 11) is -0.434. The molecule has 6 heteroatoms. The molecule has 0 atom stereocenters. The zero-order valence-corrected chi connectivity index (χ0v) is 14.8. The first-order valence-electron chi connectivity index (χ1n) is 8.20. The number of rotatable bonds is 4. The number of hydrogen-bond acceptors (Lipinski definition) is 3. The summed E-state index contributed by atoms with van der Waals surface area (Å²) in [6, 6.07) is 10.6. The SMILES string of the molecule is CC1(C)OB(c2ccc(OCc3cc(F)cc(F)c3)cc2)OC1(C)C. The third-order valence-corrected chi connectivity index (χ3v) is 4.73. The van der Waals surface area contributed by atoms with Gasteiger partial charge in [-0.05, 0) is 63.0 Å². The highest BCUT2D eigenvalue weighted by molar-refractivity contribution is 6.62. The van der Waals surface area contributed by atoms with Crippen LogP contribution in [-0.2, 0) is 15.9 Å². The molecule has 0 aromatic heterocycles. The Morgan fingerprint density at radius 3 is 1.92 bits per heavy atom. The summed E-state index contributed by atoms with van der Waals surface area (Å²) < 4.78 is 43.9. The summed E-state index contributed by atoms with van der Waals surface area (Å²) in [5.74, 6) is -0.630. The molecular weight excluding hydrogens is 325 g/mol. The number of hydrogen-bond donors (Lipinski definition) is 0. The second-order valence-electron chi connectivity index (χ2n) is 7.22. The lowest BCUT2D eigenvalue weighted by Gasteiger charge is -2.32. The van der Waals surface area contributed by atoms with Crippen molar-refractivity contribution in [3.63, 3.8) is 0 Å². The van der Waals surface area contributed by atoms with Gasteiger partial charge < -0.3 is 14.0 Å². The van der Waals surface area contributed by atoms with Crippen molar-refractivity contribution in [2.75, 3.05) is 0 Å². The van der Waals surface area contributed by atoms with Crippen molar-refractivity contribution in [3.05, 3.63) is 59.7 Å². The van der Waals surface area contributed by atoms with Gasteiger partial charge in [0.2, 0.25) is 0 Å². The number of benzene rings is 2. The standard InChI is InChI=1S/C19H21BF2O3/c1-18(2)19(3,4)25-20(24-18)14-5-7-17(8-6-14)23-12-13-9-15(21)11-16(22)10-13/h5-11H,12H2,1-4H3. The van der Waals surface area contributed by atoms with Gasteiger partial charge >= 0.3 is 7.12 Å². The van der Waals surface area contributed by atoms with Crippen LogP contribution in [0.5, 0.6) is 5.75 Å². The highest BCUT2D eigenvalue weighted by Crippen LogP contribution is 2.36. The van der Waals surface area contributed by atoms with Gasteiger partial charge in [-0.1, -0.05) is 12.1 Å². The maximum atomic E-state index is 13.2. The quantitative estimate of drug-likeness (QED) is 0.788. The zero-order valence-electron chi connectivity index (χ0n) is 14.8. The van der Waals surface area contributed by atoms with E-state index >= 15 is 0 Å². The average molecular weight is 346 g/mol. The minimum absolute atomic E-state index is 0.0878. The fraction of sp³-hybridized carbons (Fsp3) is 0.368. The van der Waals surface area contributed by atoms with Gasteiger partial charge in [0.05, 0.1) is 11.2 Å². The van der Waals surface area contributed by atoms with Crippen molar-refractivity contribution < 1.29 is 22.8 Å². The first kappa shape index (κ1) is 17.9. The maximum Gasteiger partial charge on any atom is 0.494 e. The minimum atomic E-state index is -0.616. The van der Waals surface area contributed by atoms with Gasteiger partial charge in [-0.2, -0.15) is 0 Å². The highest BCUT2D eigenvalue weighted by atomic mass is 19.1. The molecule has 0 aliphatic carbocycles. The first-order chi connectivity index (χ1) is 11.7. The van der Waals surface area contributed by atoms with E-state index in [0.717, 1.165) is 11.5 Å². The predicted molar refractivity (Wildman–Crippen MR) is 92.8 cm³/mol. The van der Waals surface area contributed by atoms with Crippen LogP contribution in [0.1, 0.15) is 33.3 Å². The van der Waals surface area contributed by atoms with E-state index in [9.17, 15) is 8.78 Å². The zero-order chi connectivity index (χ0) is 18.2. The van der Waals surface area contributed by atoms with E-state index in [4.69, 9.17) is 14.0 Å². The Morgan fingerprint density at radius 2 is 1.40 bits per heavy atom. The van der Waals surface area contributed by atoms with Crippen LogP contribution in [0.15, 0.2) is 42.5 Å². The second kappa shape index (κ2) is 6.43. The van der Waals surface area contributed by atoms with Gasteiger partial charge in [0.1, 0.15) is 24.0 Å². The fourth-order valence-corrected chi connectivity index (χ4v) is 2.56. The Hall–Kier alpha value is -1.92. The van der Waals surface area contributed by atoms with Crippen molar-refractivity contribution in [1.82, 2.24) is 0 Å². The molecule has 0 unspecified atom stereocenters. The summed E-state index contributed by atoms with van der Waals surface area (Å²) in [6.45, 7) is 8.10. The Kier molecular flexibility index (Phi) is 4.60. The Labute approximate surface area is 147 Å². The predicted octanol–water partition coefficient (Wildman–Crippen LogP) is 3.84. The molecule has 2 aromatic carbocycles. The topological polar surface area (TPSA) is 27.7 Å².